The molecule has 0 aromatic heterocycles. The van der Waals surface area contributed by atoms with E-state index in [0.717, 1.165) is 0 Å². The molecule has 0 saturated heterocycles. The van der Waals surface area contributed by atoms with Crippen molar-refractivity contribution < 1.29 is 0 Å². The number of benzene rings is 1. The average Bonchev–Trinajstić information content (AvgIpc) is 2.34. The highest BCUT2D eigenvalue weighted by Gasteiger charge is 2.21. The van der Waals surface area contributed by atoms with Crippen molar-refractivity contribution in [2.75, 3.05) is 14.1 Å². The lowest BCUT2D eigenvalue weighted by atomic mass is 9.81. The van der Waals surface area contributed by atoms with E-state index >= 15 is 0 Å². The molecule has 0 saturated carbocycles. The van der Waals surface area contributed by atoms with Crippen LogP contribution < -0.4 is 0 Å². The monoisotopic (exact) mass is 245 g/mol. The van der Waals surface area contributed by atoms with Gasteiger partial charge in [0.15, 0.2) is 0 Å². The van der Waals surface area contributed by atoms with Crippen LogP contribution >= 0.6 is 0 Å². The van der Waals surface area contributed by atoms with Crippen molar-refractivity contribution in [1.82, 2.24) is 4.90 Å². The minimum absolute atomic E-state index is 0.488. The highest BCUT2D eigenvalue weighted by Crippen LogP contribution is 2.34. The molecule has 0 unspecified atom stereocenters. The van der Waals surface area contributed by atoms with Crippen molar-refractivity contribution in [2.45, 2.75) is 39.5 Å². The van der Waals surface area contributed by atoms with E-state index in [2.05, 4.69) is 70.6 Å². The van der Waals surface area contributed by atoms with Crippen LogP contribution in [0.5, 0.6) is 0 Å². The largest absolute Gasteiger partial charge is 0.381 e. The molecule has 1 nitrogen and oxygen atoms in total. The third-order valence-corrected chi connectivity index (χ3v) is 3.77. The summed E-state index contributed by atoms with van der Waals surface area (Å²) in [6.45, 7) is 11.0. The Bertz CT molecular complexity index is 392. The van der Waals surface area contributed by atoms with E-state index in [1.807, 2.05) is 0 Å². The number of aryl methyl sites for hydroxylation is 1. The van der Waals surface area contributed by atoms with Gasteiger partial charge in [0.25, 0.3) is 0 Å². The maximum Gasteiger partial charge on any atom is 0.00893 e. The van der Waals surface area contributed by atoms with E-state index in [0.29, 0.717) is 11.8 Å². The summed E-state index contributed by atoms with van der Waals surface area (Å²) in [5.41, 5.74) is 4.01. The van der Waals surface area contributed by atoms with Gasteiger partial charge in [0.05, 0.1) is 0 Å². The molecule has 0 radical (unpaired) electrons. The SMILES string of the molecule is C=C([C@H](C)[C@@H](CCC)c1cccc(C)c1)N(C)C. The van der Waals surface area contributed by atoms with Crippen LogP contribution in [0.3, 0.4) is 0 Å². The molecule has 100 valence electrons. The van der Waals surface area contributed by atoms with Crippen LogP contribution in [0.1, 0.15) is 43.7 Å². The quantitative estimate of drug-likeness (QED) is 0.708. The third kappa shape index (κ3) is 3.63. The topological polar surface area (TPSA) is 3.24 Å². The number of hydrogen-bond donors (Lipinski definition) is 0. The Morgan fingerprint density at radius 1 is 1.33 bits per heavy atom. The first kappa shape index (κ1) is 14.8. The summed E-state index contributed by atoms with van der Waals surface area (Å²) in [5, 5.41) is 0. The van der Waals surface area contributed by atoms with Gasteiger partial charge in [0.1, 0.15) is 0 Å². The first-order valence-corrected chi connectivity index (χ1v) is 6.90. The molecule has 0 aliphatic rings. The van der Waals surface area contributed by atoms with Crippen LogP contribution in [0, 0.1) is 12.8 Å². The molecule has 1 aromatic rings. The molecule has 0 fully saturated rings. The summed E-state index contributed by atoms with van der Waals surface area (Å²) in [7, 11) is 4.16. The van der Waals surface area contributed by atoms with E-state index < -0.39 is 0 Å². The zero-order valence-corrected chi connectivity index (χ0v) is 12.5. The second-order valence-electron chi connectivity index (χ2n) is 5.48. The van der Waals surface area contributed by atoms with Crippen LogP contribution in [0.2, 0.25) is 0 Å². The van der Waals surface area contributed by atoms with Gasteiger partial charge in [0.2, 0.25) is 0 Å². The number of hydrogen-bond acceptors (Lipinski definition) is 1. The van der Waals surface area contributed by atoms with Gasteiger partial charge in [-0.1, -0.05) is 56.7 Å². The van der Waals surface area contributed by atoms with Crippen LogP contribution in [0.25, 0.3) is 0 Å². The van der Waals surface area contributed by atoms with Crippen molar-refractivity contribution >= 4 is 0 Å². The Kier molecular flexibility index (Phi) is 5.46. The molecular formula is C17H27N. The lowest BCUT2D eigenvalue weighted by Gasteiger charge is -2.30. The molecule has 0 bridgehead atoms. The van der Waals surface area contributed by atoms with Crippen molar-refractivity contribution in [3.8, 4) is 0 Å². The van der Waals surface area contributed by atoms with Crippen LogP contribution in [0.4, 0.5) is 0 Å². The molecule has 0 spiro atoms. The number of allylic oxidation sites excluding steroid dienone is 1. The van der Waals surface area contributed by atoms with Gasteiger partial charge in [-0.3, -0.25) is 0 Å². The fraction of sp³-hybridized carbons (Fsp3) is 0.529. The standard InChI is InChI=1S/C17H27N/c1-7-9-17(14(3)15(4)18(5)6)16-11-8-10-13(2)12-16/h8,10-12,14,17H,4,7,9H2,1-3,5-6H3/t14-,17+/m0/s1. The molecule has 0 heterocycles. The van der Waals surface area contributed by atoms with Crippen molar-refractivity contribution in [1.29, 1.82) is 0 Å². The fourth-order valence-corrected chi connectivity index (χ4v) is 2.56. The molecule has 2 atom stereocenters. The number of rotatable bonds is 6. The molecule has 1 rings (SSSR count). The first-order valence-electron chi connectivity index (χ1n) is 6.90. The van der Waals surface area contributed by atoms with Crippen LogP contribution in [-0.2, 0) is 0 Å². The summed E-state index contributed by atoms with van der Waals surface area (Å²) in [6, 6.07) is 8.91. The molecule has 0 aliphatic heterocycles. The summed E-state index contributed by atoms with van der Waals surface area (Å²) < 4.78 is 0. The van der Waals surface area contributed by atoms with E-state index in [1.54, 1.807) is 0 Å². The maximum absolute atomic E-state index is 4.23. The molecule has 0 amide bonds. The highest BCUT2D eigenvalue weighted by atomic mass is 15.1. The van der Waals surface area contributed by atoms with E-state index in [9.17, 15) is 0 Å². The highest BCUT2D eigenvalue weighted by molar-refractivity contribution is 5.27. The zero-order chi connectivity index (χ0) is 13.7. The molecule has 1 heteroatoms. The first-order chi connectivity index (χ1) is 8.47. The lowest BCUT2D eigenvalue weighted by molar-refractivity contribution is 0.378. The Morgan fingerprint density at radius 2 is 2.00 bits per heavy atom. The van der Waals surface area contributed by atoms with E-state index in [-0.39, 0.29) is 0 Å². The molecule has 0 aliphatic carbocycles. The van der Waals surface area contributed by atoms with Gasteiger partial charge in [-0.05, 0) is 24.8 Å². The maximum atomic E-state index is 4.23. The normalized spacial score (nSPS) is 14.1. The second-order valence-corrected chi connectivity index (χ2v) is 5.48. The minimum Gasteiger partial charge on any atom is -0.381 e. The Hall–Kier alpha value is -1.24. The van der Waals surface area contributed by atoms with Crippen LogP contribution in [-0.4, -0.2) is 19.0 Å². The summed E-state index contributed by atoms with van der Waals surface area (Å²) in [4.78, 5) is 2.14. The fourth-order valence-electron chi connectivity index (χ4n) is 2.56. The van der Waals surface area contributed by atoms with Gasteiger partial charge >= 0.3 is 0 Å². The van der Waals surface area contributed by atoms with Gasteiger partial charge in [0, 0.05) is 25.7 Å². The average molecular weight is 245 g/mol. The predicted octanol–water partition coefficient (Wildman–Crippen LogP) is 4.59. The van der Waals surface area contributed by atoms with Gasteiger partial charge in [-0.2, -0.15) is 0 Å². The molecule has 0 N–H and O–H groups in total. The van der Waals surface area contributed by atoms with Gasteiger partial charge in [-0.25, -0.2) is 0 Å². The second kappa shape index (κ2) is 6.63. The van der Waals surface area contributed by atoms with Crippen molar-refractivity contribution in [3.63, 3.8) is 0 Å². The van der Waals surface area contributed by atoms with E-state index in [4.69, 9.17) is 0 Å². The Morgan fingerprint density at radius 3 is 2.50 bits per heavy atom. The van der Waals surface area contributed by atoms with Crippen LogP contribution in [0.15, 0.2) is 36.5 Å². The zero-order valence-electron chi connectivity index (χ0n) is 12.5. The molecule has 1 aromatic carbocycles. The third-order valence-electron chi connectivity index (χ3n) is 3.77. The summed E-state index contributed by atoms with van der Waals surface area (Å²) in [6.07, 6.45) is 2.43. The van der Waals surface area contributed by atoms with Crippen molar-refractivity contribution in [3.05, 3.63) is 47.7 Å². The minimum atomic E-state index is 0.488. The Labute approximate surface area is 113 Å². The Balaban J connectivity index is 2.98. The smallest absolute Gasteiger partial charge is 0.00893 e. The molecular weight excluding hydrogens is 218 g/mol. The summed E-state index contributed by atoms with van der Waals surface area (Å²) in [5.74, 6) is 1.06. The summed E-state index contributed by atoms with van der Waals surface area (Å²) >= 11 is 0. The number of nitrogens with zero attached hydrogens (tertiary/aromatic N) is 1. The van der Waals surface area contributed by atoms with Crippen molar-refractivity contribution in [2.24, 2.45) is 5.92 Å². The van der Waals surface area contributed by atoms with E-state index in [1.165, 1.54) is 29.7 Å². The van der Waals surface area contributed by atoms with Gasteiger partial charge in [-0.15, -0.1) is 0 Å². The predicted molar refractivity (Wildman–Crippen MR) is 80.8 cm³/mol. The van der Waals surface area contributed by atoms with Gasteiger partial charge < -0.3 is 4.90 Å². The molecule has 18 heavy (non-hydrogen) atoms. The lowest BCUT2D eigenvalue weighted by Crippen LogP contribution is -2.21.